The van der Waals surface area contributed by atoms with Crippen LogP contribution >= 0.6 is 0 Å². The van der Waals surface area contributed by atoms with E-state index in [1.807, 2.05) is 30.3 Å². The van der Waals surface area contributed by atoms with Gasteiger partial charge >= 0.3 is 0 Å². The maximum atomic E-state index is 13.1. The lowest BCUT2D eigenvalue weighted by atomic mass is 9.82. The van der Waals surface area contributed by atoms with E-state index in [1.54, 1.807) is 20.8 Å². The van der Waals surface area contributed by atoms with E-state index in [1.165, 1.54) is 6.42 Å². The molecular weight excluding hydrogens is 516 g/mol. The summed E-state index contributed by atoms with van der Waals surface area (Å²) in [6.45, 7) is 4.94. The minimum atomic E-state index is -3.54. The minimum Gasteiger partial charge on any atom is -0.390 e. The van der Waals surface area contributed by atoms with Crippen LogP contribution in [0.5, 0.6) is 0 Å². The van der Waals surface area contributed by atoms with Gasteiger partial charge in [0.2, 0.25) is 11.8 Å². The van der Waals surface area contributed by atoms with E-state index >= 15 is 0 Å². The Morgan fingerprint density at radius 1 is 1.00 bits per heavy atom. The molecule has 2 aliphatic rings. The van der Waals surface area contributed by atoms with Gasteiger partial charge in [-0.05, 0) is 63.9 Å². The molecule has 220 valence electrons. The van der Waals surface area contributed by atoms with Crippen molar-refractivity contribution in [2.45, 2.75) is 108 Å². The summed E-state index contributed by atoms with van der Waals surface area (Å²) in [5, 5.41) is 27.1. The normalized spacial score (nSPS) is 20.0. The van der Waals surface area contributed by atoms with Crippen LogP contribution in [-0.4, -0.2) is 65.7 Å². The van der Waals surface area contributed by atoms with Gasteiger partial charge in [0.15, 0.2) is 9.84 Å². The van der Waals surface area contributed by atoms with Gasteiger partial charge in [-0.2, -0.15) is 0 Å². The Kier molecular flexibility index (Phi) is 11.4. The molecule has 1 aromatic rings. The zero-order valence-electron chi connectivity index (χ0n) is 23.8. The minimum absolute atomic E-state index is 0.00320. The average molecular weight is 565 g/mol. The fraction of sp³-hybridized carbons (Fsp3) is 0.733. The zero-order chi connectivity index (χ0) is 28.6. The summed E-state index contributed by atoms with van der Waals surface area (Å²) in [5.74, 6) is -1.26. The van der Waals surface area contributed by atoms with Gasteiger partial charge in [0.05, 0.1) is 28.6 Å². The first-order chi connectivity index (χ1) is 18.4. The van der Waals surface area contributed by atoms with E-state index in [4.69, 9.17) is 0 Å². The molecule has 2 aliphatic carbocycles. The summed E-state index contributed by atoms with van der Waals surface area (Å²) in [5.41, 5.74) is 0.869. The third-order valence-corrected chi connectivity index (χ3v) is 10.9. The molecule has 9 heteroatoms. The third-order valence-electron chi connectivity index (χ3n) is 8.23. The zero-order valence-corrected chi connectivity index (χ0v) is 24.6. The molecule has 0 radical (unpaired) electrons. The Morgan fingerprint density at radius 3 is 2.23 bits per heavy atom. The molecule has 2 fully saturated rings. The van der Waals surface area contributed by atoms with Gasteiger partial charge in [-0.1, -0.05) is 62.4 Å². The quantitative estimate of drug-likeness (QED) is 0.274. The maximum absolute atomic E-state index is 13.1. The Bertz CT molecular complexity index is 1030. The number of carbonyl (C=O) groups is 2. The standard InChI is InChI=1S/C30H48N2O6S/c1-30(2,3)39(37,38)20-24(18-21-10-6-4-7-11-21)29(36)31-17-16-26(33)32-25(19-22-12-8-5-9-13-22)28(35)27(34)23-14-15-23/h4,6-7,10-11,22-25,27-28,34-35H,5,8-9,12-20H2,1-3H3,(H,31,36)(H,32,33)/t24?,25-,27-,28+/m0/s1. The fourth-order valence-electron chi connectivity index (χ4n) is 5.38. The highest BCUT2D eigenvalue weighted by molar-refractivity contribution is 7.92. The first-order valence-corrected chi connectivity index (χ1v) is 16.2. The molecule has 0 spiro atoms. The number of nitrogens with one attached hydrogen (secondary N) is 2. The van der Waals surface area contributed by atoms with Gasteiger partial charge in [-0.15, -0.1) is 0 Å². The Labute approximate surface area is 234 Å². The lowest BCUT2D eigenvalue weighted by Gasteiger charge is -2.32. The molecular formula is C30H48N2O6S. The van der Waals surface area contributed by atoms with Crippen LogP contribution in [-0.2, 0) is 25.8 Å². The number of sulfone groups is 1. The number of aliphatic hydroxyl groups excluding tert-OH is 2. The van der Waals surface area contributed by atoms with Gasteiger partial charge in [-0.25, -0.2) is 8.42 Å². The summed E-state index contributed by atoms with van der Waals surface area (Å²) < 4.78 is 24.8. The molecule has 4 atom stereocenters. The lowest BCUT2D eigenvalue weighted by molar-refractivity contribution is -0.125. The first kappa shape index (κ1) is 31.6. The SMILES string of the molecule is CC(C)(C)S(=O)(=O)CC(Cc1ccccc1)C(=O)NCCC(=O)N[C@@H](CC1CCCCC1)[C@@H](O)[C@@H](O)C1CC1. The van der Waals surface area contributed by atoms with Crippen molar-refractivity contribution in [3.8, 4) is 0 Å². The second-order valence-corrected chi connectivity index (χ2v) is 15.3. The van der Waals surface area contributed by atoms with E-state index in [0.717, 1.165) is 44.1 Å². The van der Waals surface area contributed by atoms with Crippen molar-refractivity contribution in [1.29, 1.82) is 0 Å². The molecule has 0 aromatic heterocycles. The molecule has 8 nitrogen and oxygen atoms in total. The molecule has 0 saturated heterocycles. The first-order valence-electron chi connectivity index (χ1n) is 14.6. The number of amides is 2. The maximum Gasteiger partial charge on any atom is 0.224 e. The molecule has 2 saturated carbocycles. The highest BCUT2D eigenvalue weighted by atomic mass is 32.2. The van der Waals surface area contributed by atoms with Gasteiger partial charge in [-0.3, -0.25) is 9.59 Å². The van der Waals surface area contributed by atoms with E-state index in [2.05, 4.69) is 10.6 Å². The summed E-state index contributed by atoms with van der Waals surface area (Å²) in [6, 6.07) is 8.77. The van der Waals surface area contributed by atoms with Crippen LogP contribution in [0.4, 0.5) is 0 Å². The number of rotatable bonds is 14. The van der Waals surface area contributed by atoms with Gasteiger partial charge in [0.1, 0.15) is 6.10 Å². The number of benzene rings is 1. The van der Waals surface area contributed by atoms with E-state index in [9.17, 15) is 28.2 Å². The van der Waals surface area contributed by atoms with Crippen molar-refractivity contribution < 1.29 is 28.2 Å². The number of aliphatic hydroxyl groups is 2. The summed E-state index contributed by atoms with van der Waals surface area (Å²) in [6.07, 6.45) is 6.47. The Morgan fingerprint density at radius 2 is 1.64 bits per heavy atom. The summed E-state index contributed by atoms with van der Waals surface area (Å²) in [7, 11) is -3.54. The van der Waals surface area contributed by atoms with Crippen molar-refractivity contribution >= 4 is 21.7 Å². The molecule has 0 aliphatic heterocycles. The Balaban J connectivity index is 1.58. The fourth-order valence-corrected chi connectivity index (χ4v) is 6.68. The number of hydrogen-bond acceptors (Lipinski definition) is 6. The predicted molar refractivity (Wildman–Crippen MR) is 153 cm³/mol. The topological polar surface area (TPSA) is 133 Å². The lowest BCUT2D eigenvalue weighted by Crippen LogP contribution is -2.50. The van der Waals surface area contributed by atoms with E-state index in [-0.39, 0.29) is 37.0 Å². The van der Waals surface area contributed by atoms with E-state index in [0.29, 0.717) is 12.3 Å². The molecule has 1 aromatic carbocycles. The predicted octanol–water partition coefficient (Wildman–Crippen LogP) is 3.15. The van der Waals surface area contributed by atoms with Gasteiger partial charge < -0.3 is 20.8 Å². The molecule has 39 heavy (non-hydrogen) atoms. The van der Waals surface area contributed by atoms with Crippen LogP contribution in [0.1, 0.15) is 84.1 Å². The molecule has 4 N–H and O–H groups in total. The van der Waals surface area contributed by atoms with Crippen molar-refractivity contribution in [3.05, 3.63) is 35.9 Å². The van der Waals surface area contributed by atoms with Gasteiger partial charge in [0, 0.05) is 13.0 Å². The third kappa shape index (κ3) is 9.87. The van der Waals surface area contributed by atoms with Crippen molar-refractivity contribution in [2.24, 2.45) is 17.8 Å². The van der Waals surface area contributed by atoms with Crippen LogP contribution in [0, 0.1) is 17.8 Å². The molecule has 3 rings (SSSR count). The van der Waals surface area contributed by atoms with Crippen molar-refractivity contribution in [3.63, 3.8) is 0 Å². The molecule has 0 heterocycles. The molecule has 0 bridgehead atoms. The monoisotopic (exact) mass is 564 g/mol. The van der Waals surface area contributed by atoms with Crippen LogP contribution < -0.4 is 10.6 Å². The Hall–Kier alpha value is -1.97. The second kappa shape index (κ2) is 14.1. The van der Waals surface area contributed by atoms with E-state index < -0.39 is 44.7 Å². The highest BCUT2D eigenvalue weighted by Gasteiger charge is 2.39. The summed E-state index contributed by atoms with van der Waals surface area (Å²) in [4.78, 5) is 26.0. The number of carbonyl (C=O) groups excluding carboxylic acids is 2. The van der Waals surface area contributed by atoms with Gasteiger partial charge in [0.25, 0.3) is 0 Å². The van der Waals surface area contributed by atoms with Crippen molar-refractivity contribution in [2.75, 3.05) is 12.3 Å². The van der Waals surface area contributed by atoms with Crippen LogP contribution in [0.25, 0.3) is 0 Å². The average Bonchev–Trinajstić information content (AvgIpc) is 3.73. The van der Waals surface area contributed by atoms with Crippen LogP contribution in [0.2, 0.25) is 0 Å². The number of hydrogen-bond donors (Lipinski definition) is 4. The highest BCUT2D eigenvalue weighted by Crippen LogP contribution is 2.36. The molecule has 2 amide bonds. The molecule has 1 unspecified atom stereocenters. The second-order valence-electron chi connectivity index (χ2n) is 12.6. The van der Waals surface area contributed by atoms with Crippen LogP contribution in [0.3, 0.4) is 0 Å². The van der Waals surface area contributed by atoms with Crippen LogP contribution in [0.15, 0.2) is 30.3 Å². The largest absolute Gasteiger partial charge is 0.390 e. The smallest absolute Gasteiger partial charge is 0.224 e. The van der Waals surface area contributed by atoms with Crippen molar-refractivity contribution in [1.82, 2.24) is 10.6 Å². The summed E-state index contributed by atoms with van der Waals surface area (Å²) >= 11 is 0.